The molecule has 1 aliphatic heterocycles. The van der Waals surface area contributed by atoms with Crippen molar-refractivity contribution < 1.29 is 17.9 Å². The van der Waals surface area contributed by atoms with Crippen LogP contribution in [-0.4, -0.2) is 28.3 Å². The fraction of sp³-hybridized carbons (Fsp3) is 0.133. The van der Waals surface area contributed by atoms with E-state index in [0.717, 1.165) is 5.69 Å². The first-order valence-electron chi connectivity index (χ1n) is 6.89. The van der Waals surface area contributed by atoms with Crippen LogP contribution in [0.15, 0.2) is 58.5 Å². The van der Waals surface area contributed by atoms with Gasteiger partial charge in [0.1, 0.15) is 0 Å². The molecule has 0 saturated heterocycles. The first-order chi connectivity index (χ1) is 11.5. The third-order valence-electron chi connectivity index (χ3n) is 3.21. The number of ether oxygens (including phenoxy) is 2. The lowest BCUT2D eigenvalue weighted by Gasteiger charge is -2.12. The van der Waals surface area contributed by atoms with Gasteiger partial charge in [0.15, 0.2) is 6.73 Å². The molecule has 0 unspecified atom stereocenters. The smallest absolute Gasteiger partial charge is 0.407 e. The summed E-state index contributed by atoms with van der Waals surface area (Å²) in [5, 5.41) is 6.04. The lowest BCUT2D eigenvalue weighted by molar-refractivity contribution is 0.225. The van der Waals surface area contributed by atoms with Crippen LogP contribution < -0.4 is 9.73 Å². The molecule has 24 heavy (non-hydrogen) atoms. The molecule has 0 bridgehead atoms. The molecule has 0 aliphatic carbocycles. The maximum absolute atomic E-state index is 12.3. The Morgan fingerprint density at radius 1 is 1.25 bits per heavy atom. The molecule has 9 heteroatoms. The van der Waals surface area contributed by atoms with Crippen LogP contribution in [0.2, 0.25) is 5.02 Å². The number of nitrogens with zero attached hydrogens (tertiary/aromatic N) is 2. The number of hydrazone groups is 1. The summed E-state index contributed by atoms with van der Waals surface area (Å²) in [5.41, 5.74) is 1.17. The van der Waals surface area contributed by atoms with Crippen molar-refractivity contribution in [1.29, 1.82) is 0 Å². The Bertz CT molecular complexity index is 869. The number of methoxy groups -OCH3 is 1. The molecular weight excluding hydrogens is 354 g/mol. The van der Waals surface area contributed by atoms with Gasteiger partial charge in [-0.1, -0.05) is 22.8 Å². The van der Waals surface area contributed by atoms with E-state index in [2.05, 4.69) is 9.82 Å². The molecule has 1 N–H and O–H groups in total. The summed E-state index contributed by atoms with van der Waals surface area (Å²) in [7, 11) is -2.23. The number of anilines is 2. The normalized spacial score (nSPS) is 14.1. The van der Waals surface area contributed by atoms with Crippen LogP contribution in [0, 0.1) is 0 Å². The van der Waals surface area contributed by atoms with E-state index < -0.39 is 10.0 Å². The van der Waals surface area contributed by atoms with Gasteiger partial charge in [-0.05, 0) is 42.5 Å². The fourth-order valence-corrected chi connectivity index (χ4v) is 3.41. The van der Waals surface area contributed by atoms with Gasteiger partial charge in [-0.15, -0.1) is 0 Å². The number of sulfonamides is 1. The molecule has 0 atom stereocenters. The average Bonchev–Trinajstić information content (AvgIpc) is 3.04. The predicted octanol–water partition coefficient (Wildman–Crippen LogP) is 2.85. The lowest BCUT2D eigenvalue weighted by Crippen LogP contribution is -2.14. The highest BCUT2D eigenvalue weighted by Gasteiger charge is 2.18. The molecule has 0 amide bonds. The Morgan fingerprint density at radius 3 is 2.62 bits per heavy atom. The van der Waals surface area contributed by atoms with E-state index in [-0.39, 0.29) is 17.7 Å². The molecule has 0 saturated carbocycles. The van der Waals surface area contributed by atoms with Crippen LogP contribution in [0.1, 0.15) is 0 Å². The van der Waals surface area contributed by atoms with Crippen LogP contribution in [0.5, 0.6) is 0 Å². The van der Waals surface area contributed by atoms with E-state index >= 15 is 0 Å². The van der Waals surface area contributed by atoms with Gasteiger partial charge < -0.3 is 9.47 Å². The van der Waals surface area contributed by atoms with E-state index in [1.807, 2.05) is 0 Å². The highest BCUT2D eigenvalue weighted by atomic mass is 35.5. The van der Waals surface area contributed by atoms with Crippen LogP contribution in [0.25, 0.3) is 0 Å². The number of nitrogens with one attached hydrogen (secondary N) is 1. The summed E-state index contributed by atoms with van der Waals surface area (Å²) in [6, 6.07) is 12.8. The second kappa shape index (κ2) is 6.58. The third kappa shape index (κ3) is 3.55. The second-order valence-electron chi connectivity index (χ2n) is 4.85. The quantitative estimate of drug-likeness (QED) is 0.898. The molecule has 1 heterocycles. The van der Waals surface area contributed by atoms with Gasteiger partial charge >= 0.3 is 6.08 Å². The first-order valence-corrected chi connectivity index (χ1v) is 8.75. The SMILES string of the molecule is COC1=NN(c2ccc(NS(=O)(=O)c3cccc(Cl)c3)cc2)CO1. The Labute approximate surface area is 144 Å². The number of benzene rings is 2. The minimum absolute atomic E-state index is 0.0985. The molecule has 7 nitrogen and oxygen atoms in total. The molecule has 0 aromatic heterocycles. The highest BCUT2D eigenvalue weighted by molar-refractivity contribution is 7.92. The summed E-state index contributed by atoms with van der Waals surface area (Å²) in [6.07, 6.45) is 0.181. The maximum atomic E-state index is 12.3. The van der Waals surface area contributed by atoms with Crippen molar-refractivity contribution in [2.45, 2.75) is 4.90 Å². The van der Waals surface area contributed by atoms with Crippen molar-refractivity contribution in [3.63, 3.8) is 0 Å². The van der Waals surface area contributed by atoms with E-state index in [1.165, 1.54) is 19.2 Å². The second-order valence-corrected chi connectivity index (χ2v) is 6.97. The van der Waals surface area contributed by atoms with Gasteiger partial charge in [0, 0.05) is 10.7 Å². The van der Waals surface area contributed by atoms with E-state index in [1.54, 1.807) is 41.4 Å². The molecule has 0 spiro atoms. The molecule has 1 aliphatic rings. The van der Waals surface area contributed by atoms with Gasteiger partial charge in [0.25, 0.3) is 10.0 Å². The molecule has 126 valence electrons. The number of rotatable bonds is 4. The first kappa shape index (κ1) is 16.4. The van der Waals surface area contributed by atoms with Crippen molar-refractivity contribution >= 4 is 39.1 Å². The molecule has 2 aromatic carbocycles. The average molecular weight is 368 g/mol. The van der Waals surface area contributed by atoms with Gasteiger partial charge in [-0.2, -0.15) is 0 Å². The Kier molecular flexibility index (Phi) is 4.50. The third-order valence-corrected chi connectivity index (χ3v) is 4.83. The summed E-state index contributed by atoms with van der Waals surface area (Å²) in [4.78, 5) is 0.0985. The zero-order chi connectivity index (χ0) is 17.2. The fourth-order valence-electron chi connectivity index (χ4n) is 2.05. The Balaban J connectivity index is 1.76. The van der Waals surface area contributed by atoms with Crippen LogP contribution in [0.4, 0.5) is 11.4 Å². The summed E-state index contributed by atoms with van der Waals surface area (Å²) in [6.45, 7) is 0.233. The zero-order valence-electron chi connectivity index (χ0n) is 12.6. The van der Waals surface area contributed by atoms with Gasteiger partial charge in [0.2, 0.25) is 0 Å². The monoisotopic (exact) mass is 367 g/mol. The molecule has 0 fully saturated rings. The largest absolute Gasteiger partial charge is 0.453 e. The predicted molar refractivity (Wildman–Crippen MR) is 91.6 cm³/mol. The van der Waals surface area contributed by atoms with Gasteiger partial charge in [-0.3, -0.25) is 4.72 Å². The van der Waals surface area contributed by atoms with Crippen molar-refractivity contribution in [2.24, 2.45) is 5.10 Å². The topological polar surface area (TPSA) is 80.2 Å². The van der Waals surface area contributed by atoms with E-state index in [0.29, 0.717) is 10.7 Å². The minimum Gasteiger partial charge on any atom is -0.453 e. The molecule has 3 rings (SSSR count). The van der Waals surface area contributed by atoms with Crippen LogP contribution >= 0.6 is 11.6 Å². The lowest BCUT2D eigenvalue weighted by atomic mass is 10.3. The summed E-state index contributed by atoms with van der Waals surface area (Å²) >= 11 is 5.84. The molecule has 0 radical (unpaired) electrons. The number of hydrogen-bond donors (Lipinski definition) is 1. The Hall–Kier alpha value is -2.45. The minimum atomic E-state index is -3.70. The number of hydrogen-bond acceptors (Lipinski definition) is 6. The van der Waals surface area contributed by atoms with Crippen molar-refractivity contribution in [3.8, 4) is 0 Å². The van der Waals surface area contributed by atoms with E-state index in [4.69, 9.17) is 21.1 Å². The van der Waals surface area contributed by atoms with E-state index in [9.17, 15) is 8.42 Å². The maximum Gasteiger partial charge on any atom is 0.407 e. The molecular formula is C15H14ClN3O4S. The van der Waals surface area contributed by atoms with Gasteiger partial charge in [0.05, 0.1) is 17.7 Å². The van der Waals surface area contributed by atoms with Crippen molar-refractivity contribution in [2.75, 3.05) is 23.6 Å². The van der Waals surface area contributed by atoms with Crippen LogP contribution in [-0.2, 0) is 19.5 Å². The highest BCUT2D eigenvalue weighted by Crippen LogP contribution is 2.23. The summed E-state index contributed by atoms with van der Waals surface area (Å²) in [5.74, 6) is 0. The van der Waals surface area contributed by atoms with Crippen molar-refractivity contribution in [1.82, 2.24) is 0 Å². The zero-order valence-corrected chi connectivity index (χ0v) is 14.2. The van der Waals surface area contributed by atoms with Crippen LogP contribution in [0.3, 0.4) is 0 Å². The number of halogens is 1. The summed E-state index contributed by atoms with van der Waals surface area (Å²) < 4.78 is 37.3. The standard InChI is InChI=1S/C15H14ClN3O4S/c1-22-15-17-19(10-23-15)13-7-5-12(6-8-13)18-24(20,21)14-4-2-3-11(16)9-14/h2-9,18H,10H2,1H3. The van der Waals surface area contributed by atoms with Gasteiger partial charge in [-0.25, -0.2) is 13.4 Å². The molecule has 2 aromatic rings. The Morgan fingerprint density at radius 2 is 2.00 bits per heavy atom. The van der Waals surface area contributed by atoms with Crippen molar-refractivity contribution in [3.05, 3.63) is 53.6 Å².